The van der Waals surface area contributed by atoms with E-state index in [0.29, 0.717) is 25.7 Å². The smallest absolute Gasteiger partial charge is 0.480 e. The van der Waals surface area contributed by atoms with Crippen LogP contribution in [0, 0.1) is 17.8 Å². The second-order valence-corrected chi connectivity index (χ2v) is 17.0. The molecule has 0 aromatic heterocycles. The van der Waals surface area contributed by atoms with Crippen LogP contribution >= 0.6 is 0 Å². The van der Waals surface area contributed by atoms with E-state index in [4.69, 9.17) is 0 Å². The van der Waals surface area contributed by atoms with Crippen molar-refractivity contribution >= 4 is 66.7 Å². The number of carboxylic acids is 1. The molecule has 1 heterocycles. The van der Waals surface area contributed by atoms with Crippen LogP contribution in [-0.4, -0.2) is 122 Å². The Balaban J connectivity index is 2.32. The molecule has 1 aliphatic rings. The molecule has 7 amide bonds. The quantitative estimate of drug-likeness (QED) is 0.0815. The zero-order valence-corrected chi connectivity index (χ0v) is 34.8. The minimum absolute atomic E-state index is 0.0208. The van der Waals surface area contributed by atoms with Gasteiger partial charge in [0.2, 0.25) is 5.91 Å². The SMILES string of the molecule is CC[C@H](C)[C@H](NC(=O)[C@@H](NC(=O)[C@H](C[Se]c1ccccc1)NC(=O)[C@@H]1CCCN1C(=O)[C@H](CC(C)C)NC(=O)CNC(C)=O)C(C)C)C(=O)N[C@@H](C)C(=O)O. The average molecular weight is 837 g/mol. The van der Waals surface area contributed by atoms with Crippen molar-refractivity contribution in [3.8, 4) is 0 Å². The van der Waals surface area contributed by atoms with Crippen molar-refractivity contribution in [2.24, 2.45) is 17.8 Å². The Kier molecular flexibility index (Phi) is 19.3. The van der Waals surface area contributed by atoms with E-state index < -0.39 is 89.5 Å². The van der Waals surface area contributed by atoms with Crippen molar-refractivity contribution in [3.63, 3.8) is 0 Å². The van der Waals surface area contributed by atoms with Gasteiger partial charge in [-0.3, -0.25) is 9.59 Å². The number of amides is 7. The number of carboxylic acid groups (broad SMARTS) is 1. The second-order valence-electron chi connectivity index (χ2n) is 14.7. The van der Waals surface area contributed by atoms with Gasteiger partial charge in [0, 0.05) is 6.92 Å². The Hall–Kier alpha value is -4.50. The number of rotatable bonds is 21. The first-order valence-corrected chi connectivity index (χ1v) is 20.9. The molecule has 1 aliphatic heterocycles. The molecule has 0 spiro atoms. The summed E-state index contributed by atoms with van der Waals surface area (Å²) in [5, 5.41) is 25.4. The molecule has 1 saturated heterocycles. The molecular weight excluding hydrogens is 777 g/mol. The fourth-order valence-electron chi connectivity index (χ4n) is 5.89. The monoisotopic (exact) mass is 837 g/mol. The number of hydrogen-bond acceptors (Lipinski definition) is 8. The number of hydrogen-bond donors (Lipinski definition) is 7. The third-order valence-corrected chi connectivity index (χ3v) is 11.6. The molecule has 0 aliphatic carbocycles. The summed E-state index contributed by atoms with van der Waals surface area (Å²) in [6, 6.07) is 3.12. The van der Waals surface area contributed by atoms with E-state index in [2.05, 4.69) is 31.9 Å². The summed E-state index contributed by atoms with van der Waals surface area (Å²) in [5.74, 6) is -5.87. The van der Waals surface area contributed by atoms with Crippen LogP contribution in [0.25, 0.3) is 0 Å². The van der Waals surface area contributed by atoms with Gasteiger partial charge < -0.3 is 5.11 Å². The van der Waals surface area contributed by atoms with E-state index in [1.54, 1.807) is 20.8 Å². The van der Waals surface area contributed by atoms with E-state index >= 15 is 0 Å². The van der Waals surface area contributed by atoms with Crippen LogP contribution in [0.15, 0.2) is 30.3 Å². The molecule has 0 bridgehead atoms. The Morgan fingerprint density at radius 3 is 2.00 bits per heavy atom. The van der Waals surface area contributed by atoms with Crippen LogP contribution in [0.4, 0.5) is 0 Å². The maximum absolute atomic E-state index is 14.0. The molecule has 16 nitrogen and oxygen atoms in total. The molecule has 17 heteroatoms. The third-order valence-electron chi connectivity index (χ3n) is 9.24. The van der Waals surface area contributed by atoms with Crippen LogP contribution in [0.3, 0.4) is 0 Å². The first-order chi connectivity index (χ1) is 25.9. The predicted molar refractivity (Wildman–Crippen MR) is 207 cm³/mol. The molecule has 55 heavy (non-hydrogen) atoms. The predicted octanol–water partition coefficient (Wildman–Crippen LogP) is -0.162. The van der Waals surface area contributed by atoms with Crippen LogP contribution in [-0.2, 0) is 38.4 Å². The summed E-state index contributed by atoms with van der Waals surface area (Å²) in [4.78, 5) is 105. The normalized spacial score (nSPS) is 17.2. The number of carbonyl (C=O) groups excluding carboxylic acids is 7. The maximum atomic E-state index is 14.0. The number of aliphatic carboxylic acids is 1. The van der Waals surface area contributed by atoms with Gasteiger partial charge in [-0.15, -0.1) is 0 Å². The first kappa shape index (κ1) is 46.7. The van der Waals surface area contributed by atoms with E-state index in [1.807, 2.05) is 51.1 Å². The third kappa shape index (κ3) is 15.3. The molecule has 7 atom stereocenters. The summed E-state index contributed by atoms with van der Waals surface area (Å²) < 4.78 is 0.974. The van der Waals surface area contributed by atoms with Gasteiger partial charge in [-0.2, -0.15) is 0 Å². The van der Waals surface area contributed by atoms with Crippen LogP contribution in [0.5, 0.6) is 0 Å². The zero-order valence-electron chi connectivity index (χ0n) is 33.1. The molecule has 1 aromatic rings. The Morgan fingerprint density at radius 1 is 0.818 bits per heavy atom. The van der Waals surface area contributed by atoms with E-state index in [0.717, 1.165) is 4.46 Å². The van der Waals surface area contributed by atoms with Crippen LogP contribution in [0.1, 0.15) is 81.1 Å². The Morgan fingerprint density at radius 2 is 1.44 bits per heavy atom. The van der Waals surface area contributed by atoms with Gasteiger partial charge in [0.25, 0.3) is 0 Å². The van der Waals surface area contributed by atoms with Crippen molar-refractivity contribution in [2.75, 3.05) is 13.1 Å². The first-order valence-electron chi connectivity index (χ1n) is 18.8. The van der Waals surface area contributed by atoms with Crippen molar-refractivity contribution in [1.29, 1.82) is 0 Å². The molecule has 1 fully saturated rings. The minimum atomic E-state index is -1.23. The molecule has 0 unspecified atom stereocenters. The zero-order chi connectivity index (χ0) is 41.4. The topological polar surface area (TPSA) is 232 Å². The number of carbonyl (C=O) groups is 8. The van der Waals surface area contributed by atoms with Gasteiger partial charge in [-0.05, 0) is 0 Å². The number of nitrogens with one attached hydrogen (secondary N) is 6. The van der Waals surface area contributed by atoms with E-state index in [1.165, 1.54) is 18.7 Å². The fourth-order valence-corrected chi connectivity index (χ4v) is 7.87. The van der Waals surface area contributed by atoms with Gasteiger partial charge in [0.1, 0.15) is 0 Å². The standard InChI is InChI=1S/C38H59N7O9Se/c1-9-23(6)32(36(51)40-24(7)38(53)54)44-35(50)31(22(4)5)43-33(48)28(20-55-26-14-11-10-12-15-26)42-34(49)29-16-13-17-45(29)37(52)27(18-21(2)3)41-30(47)19-39-25(8)46/h10-12,14-15,21-24,27-29,31-32H,9,13,16-20H2,1-8H3,(H,39,46)(H,40,51)(H,41,47)(H,42,49)(H,43,48)(H,44,50)(H,53,54)/t23-,24-,27-,28-,29-,31-,32-/m0/s1. The summed E-state index contributed by atoms with van der Waals surface area (Å²) in [7, 11) is 0. The van der Waals surface area contributed by atoms with Gasteiger partial charge in [0.05, 0.1) is 0 Å². The molecular formula is C38H59N7O9Se. The number of nitrogens with zero attached hydrogens (tertiary/aromatic N) is 1. The van der Waals surface area contributed by atoms with Gasteiger partial charge in [-0.1, -0.05) is 0 Å². The van der Waals surface area contributed by atoms with E-state index in [9.17, 15) is 43.5 Å². The summed E-state index contributed by atoms with van der Waals surface area (Å²) in [6.45, 7) is 13.4. The fraction of sp³-hybridized carbons (Fsp3) is 0.632. The van der Waals surface area contributed by atoms with Crippen molar-refractivity contribution in [3.05, 3.63) is 30.3 Å². The Bertz CT molecular complexity index is 1510. The summed E-state index contributed by atoms with van der Waals surface area (Å²) in [6.07, 6.45) is 1.66. The molecule has 7 N–H and O–H groups in total. The van der Waals surface area contributed by atoms with Gasteiger partial charge in [-0.25, -0.2) is 0 Å². The molecule has 306 valence electrons. The Labute approximate surface area is 330 Å². The summed E-state index contributed by atoms with van der Waals surface area (Å²) >= 11 is -0.279. The van der Waals surface area contributed by atoms with Crippen molar-refractivity contribution in [1.82, 2.24) is 36.8 Å². The second kappa shape index (κ2) is 22.8. The van der Waals surface area contributed by atoms with Crippen molar-refractivity contribution in [2.45, 2.75) is 123 Å². The van der Waals surface area contributed by atoms with Gasteiger partial charge in [0.15, 0.2) is 0 Å². The minimum Gasteiger partial charge on any atom is -0.480 e. The molecule has 1 aromatic carbocycles. The summed E-state index contributed by atoms with van der Waals surface area (Å²) in [5.41, 5.74) is 0. The van der Waals surface area contributed by atoms with Gasteiger partial charge >= 0.3 is 303 Å². The molecule has 0 radical (unpaired) electrons. The molecule has 2 rings (SSSR count). The average Bonchev–Trinajstić information content (AvgIpc) is 3.62. The molecule has 0 saturated carbocycles. The van der Waals surface area contributed by atoms with Crippen molar-refractivity contribution < 1.29 is 43.5 Å². The van der Waals surface area contributed by atoms with Crippen LogP contribution < -0.4 is 36.4 Å². The number of likely N-dealkylation sites (tertiary alicyclic amines) is 1. The van der Waals surface area contributed by atoms with E-state index in [-0.39, 0.29) is 45.2 Å². The van der Waals surface area contributed by atoms with Crippen LogP contribution in [0.2, 0.25) is 5.32 Å². The number of benzene rings is 1.